The molecule has 7 heteroatoms. The van der Waals surface area contributed by atoms with E-state index in [1.165, 1.54) is 10.9 Å². The van der Waals surface area contributed by atoms with Crippen molar-refractivity contribution >= 4 is 27.5 Å². The van der Waals surface area contributed by atoms with Gasteiger partial charge in [0, 0.05) is 10.2 Å². The smallest absolute Gasteiger partial charge is 0.246 e. The van der Waals surface area contributed by atoms with Crippen LogP contribution in [-0.2, 0) is 17.9 Å². The maximum atomic E-state index is 11.7. The van der Waals surface area contributed by atoms with Crippen LogP contribution in [0, 0.1) is 0 Å². The Morgan fingerprint density at radius 3 is 3.00 bits per heavy atom. The predicted octanol–water partition coefficient (Wildman–Crippen LogP) is 1.17. The summed E-state index contributed by atoms with van der Waals surface area (Å²) in [5, 5.41) is 19.0. The van der Waals surface area contributed by atoms with Gasteiger partial charge in [-0.15, -0.1) is 5.10 Å². The molecule has 94 valence electrons. The van der Waals surface area contributed by atoms with Crippen molar-refractivity contribution < 1.29 is 9.90 Å². The molecule has 1 amide bonds. The van der Waals surface area contributed by atoms with Crippen LogP contribution in [0.4, 0.5) is 5.69 Å². The van der Waals surface area contributed by atoms with Crippen LogP contribution in [0.5, 0.6) is 0 Å². The number of rotatable bonds is 4. The first-order valence-corrected chi connectivity index (χ1v) is 6.02. The van der Waals surface area contributed by atoms with Crippen molar-refractivity contribution in [2.24, 2.45) is 0 Å². The Morgan fingerprint density at radius 1 is 1.50 bits per heavy atom. The van der Waals surface area contributed by atoms with Crippen LogP contribution >= 0.6 is 15.9 Å². The van der Waals surface area contributed by atoms with Crippen LogP contribution in [-0.4, -0.2) is 26.0 Å². The predicted molar refractivity (Wildman–Crippen MR) is 68.7 cm³/mol. The van der Waals surface area contributed by atoms with E-state index < -0.39 is 0 Å². The van der Waals surface area contributed by atoms with Crippen LogP contribution < -0.4 is 5.32 Å². The Balaban J connectivity index is 1.96. The van der Waals surface area contributed by atoms with Gasteiger partial charge < -0.3 is 10.4 Å². The van der Waals surface area contributed by atoms with E-state index in [1.54, 1.807) is 12.1 Å². The Bertz CT molecular complexity index is 555. The monoisotopic (exact) mass is 310 g/mol. The second-order valence-electron chi connectivity index (χ2n) is 3.62. The molecule has 0 aliphatic heterocycles. The molecule has 0 radical (unpaired) electrons. The van der Waals surface area contributed by atoms with Crippen molar-refractivity contribution in [3.05, 3.63) is 40.6 Å². The standard InChI is InChI=1S/C11H11BrN4O2/c12-8-2-1-3-9(4-8)13-11(18)6-16-5-10(7-17)14-15-16/h1-5,17H,6-7H2,(H,13,18). The number of carbonyl (C=O) groups excluding carboxylic acids is 1. The minimum Gasteiger partial charge on any atom is -0.390 e. The van der Waals surface area contributed by atoms with E-state index in [0.717, 1.165) is 4.47 Å². The highest BCUT2D eigenvalue weighted by Crippen LogP contribution is 2.15. The molecule has 0 aliphatic rings. The molecule has 0 saturated heterocycles. The van der Waals surface area contributed by atoms with E-state index in [1.807, 2.05) is 12.1 Å². The van der Waals surface area contributed by atoms with Gasteiger partial charge in [0.2, 0.25) is 5.91 Å². The lowest BCUT2D eigenvalue weighted by atomic mass is 10.3. The topological polar surface area (TPSA) is 80.0 Å². The molecule has 2 aromatic rings. The first kappa shape index (κ1) is 12.7. The van der Waals surface area contributed by atoms with Gasteiger partial charge in [-0.2, -0.15) is 0 Å². The number of aliphatic hydroxyl groups excluding tert-OH is 1. The summed E-state index contributed by atoms with van der Waals surface area (Å²) in [6.45, 7) is -0.132. The van der Waals surface area contributed by atoms with Gasteiger partial charge in [-0.25, -0.2) is 4.68 Å². The third-order valence-corrected chi connectivity index (χ3v) is 2.66. The van der Waals surface area contributed by atoms with Gasteiger partial charge >= 0.3 is 0 Å². The number of hydrogen-bond acceptors (Lipinski definition) is 4. The lowest BCUT2D eigenvalue weighted by molar-refractivity contribution is -0.116. The Labute approximate surface area is 112 Å². The first-order chi connectivity index (χ1) is 8.67. The molecular weight excluding hydrogens is 300 g/mol. The lowest BCUT2D eigenvalue weighted by Gasteiger charge is -2.05. The first-order valence-electron chi connectivity index (χ1n) is 5.22. The highest BCUT2D eigenvalue weighted by molar-refractivity contribution is 9.10. The number of amides is 1. The van der Waals surface area contributed by atoms with Crippen LogP contribution in [0.25, 0.3) is 0 Å². The summed E-state index contributed by atoms with van der Waals surface area (Å²) in [5.41, 5.74) is 1.14. The van der Waals surface area contributed by atoms with Crippen molar-refractivity contribution in [3.63, 3.8) is 0 Å². The molecular formula is C11H11BrN4O2. The molecule has 0 spiro atoms. The minimum absolute atomic E-state index is 0.0551. The maximum absolute atomic E-state index is 11.7. The number of nitrogens with one attached hydrogen (secondary N) is 1. The molecule has 0 fully saturated rings. The number of carbonyl (C=O) groups is 1. The number of anilines is 1. The third kappa shape index (κ3) is 3.38. The number of benzene rings is 1. The van der Waals surface area contributed by atoms with Crippen molar-refractivity contribution in [2.75, 3.05) is 5.32 Å². The molecule has 1 aromatic heterocycles. The zero-order valence-electron chi connectivity index (χ0n) is 9.38. The van der Waals surface area contributed by atoms with Crippen molar-refractivity contribution in [2.45, 2.75) is 13.2 Å². The summed E-state index contributed by atoms with van der Waals surface area (Å²) >= 11 is 3.32. The van der Waals surface area contributed by atoms with E-state index in [0.29, 0.717) is 11.4 Å². The summed E-state index contributed by atoms with van der Waals surface area (Å²) < 4.78 is 2.27. The summed E-state index contributed by atoms with van der Waals surface area (Å²) in [4.78, 5) is 11.7. The summed E-state index contributed by atoms with van der Waals surface area (Å²) in [6, 6.07) is 7.31. The van der Waals surface area contributed by atoms with Gasteiger partial charge in [0.1, 0.15) is 12.2 Å². The number of nitrogens with zero attached hydrogens (tertiary/aromatic N) is 3. The molecule has 2 N–H and O–H groups in total. The maximum Gasteiger partial charge on any atom is 0.246 e. The number of hydrogen-bond donors (Lipinski definition) is 2. The summed E-state index contributed by atoms with van der Waals surface area (Å²) in [7, 11) is 0. The summed E-state index contributed by atoms with van der Waals surface area (Å²) in [6.07, 6.45) is 1.53. The number of aliphatic hydroxyl groups is 1. The lowest BCUT2D eigenvalue weighted by Crippen LogP contribution is -2.19. The molecule has 2 rings (SSSR count). The van der Waals surface area contributed by atoms with Gasteiger partial charge in [-0.1, -0.05) is 27.2 Å². The van der Waals surface area contributed by atoms with Crippen molar-refractivity contribution in [1.29, 1.82) is 0 Å². The van der Waals surface area contributed by atoms with E-state index in [4.69, 9.17) is 5.11 Å². The Hall–Kier alpha value is -1.73. The third-order valence-electron chi connectivity index (χ3n) is 2.16. The van der Waals surface area contributed by atoms with Gasteiger partial charge in [-0.05, 0) is 18.2 Å². The minimum atomic E-state index is -0.206. The molecule has 0 saturated carbocycles. The average molecular weight is 311 g/mol. The van der Waals surface area contributed by atoms with E-state index in [2.05, 4.69) is 31.6 Å². The highest BCUT2D eigenvalue weighted by atomic mass is 79.9. The molecule has 1 heterocycles. The number of aromatic nitrogens is 3. The SMILES string of the molecule is O=C(Cn1cc(CO)nn1)Nc1cccc(Br)c1. The van der Waals surface area contributed by atoms with Crippen LogP contribution in [0.1, 0.15) is 5.69 Å². The average Bonchev–Trinajstić information content (AvgIpc) is 2.76. The fourth-order valence-corrected chi connectivity index (χ4v) is 1.80. The fraction of sp³-hybridized carbons (Fsp3) is 0.182. The van der Waals surface area contributed by atoms with Gasteiger partial charge in [-0.3, -0.25) is 4.79 Å². The normalized spacial score (nSPS) is 10.3. The second kappa shape index (κ2) is 5.74. The Kier molecular flexibility index (Phi) is 4.06. The molecule has 0 bridgehead atoms. The van der Waals surface area contributed by atoms with Crippen molar-refractivity contribution in [1.82, 2.24) is 15.0 Å². The summed E-state index contributed by atoms with van der Waals surface area (Å²) in [5.74, 6) is -0.206. The highest BCUT2D eigenvalue weighted by Gasteiger charge is 2.06. The zero-order valence-corrected chi connectivity index (χ0v) is 11.0. The van der Waals surface area contributed by atoms with Gasteiger partial charge in [0.25, 0.3) is 0 Å². The van der Waals surface area contributed by atoms with Crippen LogP contribution in [0.15, 0.2) is 34.9 Å². The van der Waals surface area contributed by atoms with E-state index >= 15 is 0 Å². The molecule has 18 heavy (non-hydrogen) atoms. The molecule has 1 aromatic carbocycles. The molecule has 6 nitrogen and oxygen atoms in total. The van der Waals surface area contributed by atoms with E-state index in [9.17, 15) is 4.79 Å². The molecule has 0 unspecified atom stereocenters. The molecule has 0 atom stereocenters. The fourth-order valence-electron chi connectivity index (χ4n) is 1.40. The van der Waals surface area contributed by atoms with Gasteiger partial charge in [0.15, 0.2) is 0 Å². The van der Waals surface area contributed by atoms with Gasteiger partial charge in [0.05, 0.1) is 12.8 Å². The second-order valence-corrected chi connectivity index (χ2v) is 4.54. The quantitative estimate of drug-likeness (QED) is 0.888. The van der Waals surface area contributed by atoms with Crippen LogP contribution in [0.2, 0.25) is 0 Å². The molecule has 0 aliphatic carbocycles. The van der Waals surface area contributed by atoms with Crippen molar-refractivity contribution in [3.8, 4) is 0 Å². The zero-order chi connectivity index (χ0) is 13.0. The largest absolute Gasteiger partial charge is 0.390 e. The van der Waals surface area contributed by atoms with E-state index in [-0.39, 0.29) is 19.1 Å². The Morgan fingerprint density at radius 2 is 2.33 bits per heavy atom. The number of halogens is 1. The van der Waals surface area contributed by atoms with Crippen LogP contribution in [0.3, 0.4) is 0 Å².